The molecule has 1 heterocycles. The van der Waals surface area contributed by atoms with Gasteiger partial charge in [-0.3, -0.25) is 4.98 Å². The molecule has 6 nitrogen and oxygen atoms in total. The normalized spacial score (nSPS) is 11.9. The third-order valence-electron chi connectivity index (χ3n) is 3.37. The summed E-state index contributed by atoms with van der Waals surface area (Å²) in [6.07, 6.45) is 3.87. The van der Waals surface area contributed by atoms with Crippen molar-refractivity contribution in [3.8, 4) is 0 Å². The first-order valence-electron chi connectivity index (χ1n) is 6.87. The molecule has 0 aliphatic rings. The van der Waals surface area contributed by atoms with E-state index in [1.54, 1.807) is 19.4 Å². The number of oxime groups is 1. The molecule has 0 saturated carbocycles. The molecule has 0 aromatic carbocycles. The monoisotopic (exact) mass is 280 g/mol. The van der Waals surface area contributed by atoms with E-state index in [2.05, 4.69) is 28.9 Å². The average Bonchev–Trinajstić information content (AvgIpc) is 2.51. The number of pyridine rings is 1. The Kier molecular flexibility index (Phi) is 6.79. The van der Waals surface area contributed by atoms with Crippen molar-refractivity contribution in [2.24, 2.45) is 10.9 Å². The van der Waals surface area contributed by atoms with Crippen LogP contribution < -0.4 is 10.6 Å². The highest BCUT2D eigenvalue weighted by molar-refractivity contribution is 5.95. The Labute approximate surface area is 120 Å². The number of hydrogen-bond donors (Lipinski definition) is 2. The van der Waals surface area contributed by atoms with Crippen molar-refractivity contribution >= 4 is 11.5 Å². The minimum absolute atomic E-state index is 0.0162. The van der Waals surface area contributed by atoms with Crippen molar-refractivity contribution in [2.75, 3.05) is 25.2 Å². The standard InChI is InChI=1S/C14H24N4O2/c1-4-11(5-2)18(8-9-20-3)12-6-7-13(16-10-12)14(15)17-19/h6-7,10-11,19H,4-5,8-9H2,1-3H3,(H2,15,17). The molecule has 0 unspecified atom stereocenters. The largest absolute Gasteiger partial charge is 0.409 e. The van der Waals surface area contributed by atoms with E-state index in [1.165, 1.54) is 0 Å². The lowest BCUT2D eigenvalue weighted by atomic mass is 10.1. The van der Waals surface area contributed by atoms with Gasteiger partial charge in [0.2, 0.25) is 0 Å². The van der Waals surface area contributed by atoms with Crippen LogP contribution in [0.1, 0.15) is 32.4 Å². The SMILES string of the molecule is CCC(CC)N(CCOC)c1ccc(/C(N)=N/O)nc1. The smallest absolute Gasteiger partial charge is 0.188 e. The zero-order valence-electron chi connectivity index (χ0n) is 12.4. The Hall–Kier alpha value is -1.82. The summed E-state index contributed by atoms with van der Waals surface area (Å²) >= 11 is 0. The highest BCUT2D eigenvalue weighted by Gasteiger charge is 2.16. The molecule has 1 aromatic rings. The van der Waals surface area contributed by atoms with Crippen LogP contribution in [0.5, 0.6) is 0 Å². The fourth-order valence-electron chi connectivity index (χ4n) is 2.20. The molecule has 0 spiro atoms. The van der Waals surface area contributed by atoms with Crippen molar-refractivity contribution in [1.29, 1.82) is 0 Å². The molecule has 112 valence electrons. The second-order valence-electron chi connectivity index (χ2n) is 4.54. The van der Waals surface area contributed by atoms with Crippen LogP contribution in [-0.4, -0.2) is 42.3 Å². The predicted molar refractivity (Wildman–Crippen MR) is 80.3 cm³/mol. The van der Waals surface area contributed by atoms with Gasteiger partial charge in [0.25, 0.3) is 0 Å². The summed E-state index contributed by atoms with van der Waals surface area (Å²) in [7, 11) is 1.70. The number of hydrogen-bond acceptors (Lipinski definition) is 5. The molecule has 0 saturated heterocycles. The number of nitrogens with zero attached hydrogens (tertiary/aromatic N) is 3. The first kappa shape index (κ1) is 16.2. The Morgan fingerprint density at radius 3 is 2.60 bits per heavy atom. The number of rotatable bonds is 8. The van der Waals surface area contributed by atoms with E-state index in [0.29, 0.717) is 18.3 Å². The maximum Gasteiger partial charge on any atom is 0.188 e. The maximum absolute atomic E-state index is 8.64. The summed E-state index contributed by atoms with van der Waals surface area (Å²) in [5, 5.41) is 11.6. The quantitative estimate of drug-likeness (QED) is 0.328. The summed E-state index contributed by atoms with van der Waals surface area (Å²) in [6.45, 7) is 5.82. The van der Waals surface area contributed by atoms with Crippen LogP contribution in [0.25, 0.3) is 0 Å². The average molecular weight is 280 g/mol. The van der Waals surface area contributed by atoms with Gasteiger partial charge in [0, 0.05) is 19.7 Å². The third kappa shape index (κ3) is 4.09. The van der Waals surface area contributed by atoms with Crippen molar-refractivity contribution in [2.45, 2.75) is 32.7 Å². The van der Waals surface area contributed by atoms with E-state index in [4.69, 9.17) is 15.7 Å². The maximum atomic E-state index is 8.64. The van der Waals surface area contributed by atoms with Crippen molar-refractivity contribution in [3.63, 3.8) is 0 Å². The van der Waals surface area contributed by atoms with E-state index in [-0.39, 0.29) is 5.84 Å². The lowest BCUT2D eigenvalue weighted by Gasteiger charge is -2.32. The Bertz CT molecular complexity index is 416. The Morgan fingerprint density at radius 1 is 1.45 bits per heavy atom. The third-order valence-corrected chi connectivity index (χ3v) is 3.37. The summed E-state index contributed by atoms with van der Waals surface area (Å²) < 4.78 is 5.18. The van der Waals surface area contributed by atoms with Crippen LogP contribution in [0.3, 0.4) is 0 Å². The van der Waals surface area contributed by atoms with Gasteiger partial charge in [0.15, 0.2) is 5.84 Å². The van der Waals surface area contributed by atoms with Crippen LogP contribution in [0.2, 0.25) is 0 Å². The minimum atomic E-state index is 0.0162. The number of amidine groups is 1. The molecule has 6 heteroatoms. The molecule has 0 bridgehead atoms. The van der Waals surface area contributed by atoms with Gasteiger partial charge in [-0.25, -0.2) is 0 Å². The number of methoxy groups -OCH3 is 1. The van der Waals surface area contributed by atoms with Crippen LogP contribution in [0, 0.1) is 0 Å². The highest BCUT2D eigenvalue weighted by atomic mass is 16.5. The molecule has 0 fully saturated rings. The number of nitrogens with two attached hydrogens (primary N) is 1. The molecule has 0 atom stereocenters. The number of anilines is 1. The zero-order valence-corrected chi connectivity index (χ0v) is 12.4. The van der Waals surface area contributed by atoms with Crippen LogP contribution >= 0.6 is 0 Å². The molecule has 20 heavy (non-hydrogen) atoms. The highest BCUT2D eigenvalue weighted by Crippen LogP contribution is 2.19. The van der Waals surface area contributed by atoms with Gasteiger partial charge in [0.05, 0.1) is 18.5 Å². The van der Waals surface area contributed by atoms with E-state index in [1.807, 2.05) is 6.07 Å². The Morgan fingerprint density at radius 2 is 2.15 bits per heavy atom. The van der Waals surface area contributed by atoms with Crippen molar-refractivity contribution in [3.05, 3.63) is 24.0 Å². The van der Waals surface area contributed by atoms with Crippen LogP contribution in [0.4, 0.5) is 5.69 Å². The van der Waals surface area contributed by atoms with Gasteiger partial charge in [-0.05, 0) is 25.0 Å². The molecule has 0 aliphatic heterocycles. The van der Waals surface area contributed by atoms with E-state index >= 15 is 0 Å². The fraction of sp³-hybridized carbons (Fsp3) is 0.571. The van der Waals surface area contributed by atoms with Gasteiger partial charge in [0.1, 0.15) is 5.69 Å². The fourth-order valence-corrected chi connectivity index (χ4v) is 2.20. The first-order chi connectivity index (χ1) is 9.67. The van der Waals surface area contributed by atoms with Gasteiger partial charge >= 0.3 is 0 Å². The molecule has 1 aromatic heterocycles. The molecule has 1 rings (SSSR count). The van der Waals surface area contributed by atoms with Gasteiger partial charge in [-0.2, -0.15) is 0 Å². The topological polar surface area (TPSA) is 84.0 Å². The molecule has 0 radical (unpaired) electrons. The van der Waals surface area contributed by atoms with Crippen molar-refractivity contribution < 1.29 is 9.94 Å². The summed E-state index contributed by atoms with van der Waals surface area (Å²) in [5.41, 5.74) is 7.00. The summed E-state index contributed by atoms with van der Waals surface area (Å²) in [6, 6.07) is 4.14. The number of ether oxygens (including phenoxy) is 1. The number of aromatic nitrogens is 1. The molecule has 3 N–H and O–H groups in total. The predicted octanol–water partition coefficient (Wildman–Crippen LogP) is 1.82. The van der Waals surface area contributed by atoms with Gasteiger partial charge < -0.3 is 20.6 Å². The van der Waals surface area contributed by atoms with E-state index in [9.17, 15) is 0 Å². The lowest BCUT2D eigenvalue weighted by Crippen LogP contribution is -2.37. The summed E-state index contributed by atoms with van der Waals surface area (Å²) in [5.74, 6) is 0.0162. The van der Waals surface area contributed by atoms with Gasteiger partial charge in [-0.15, -0.1) is 0 Å². The molecular formula is C14H24N4O2. The van der Waals surface area contributed by atoms with Gasteiger partial charge in [-0.1, -0.05) is 19.0 Å². The molecule has 0 amide bonds. The molecular weight excluding hydrogens is 256 g/mol. The van der Waals surface area contributed by atoms with Crippen LogP contribution in [0.15, 0.2) is 23.5 Å². The second-order valence-corrected chi connectivity index (χ2v) is 4.54. The van der Waals surface area contributed by atoms with E-state index < -0.39 is 0 Å². The molecule has 0 aliphatic carbocycles. The second kappa shape index (κ2) is 8.37. The first-order valence-corrected chi connectivity index (χ1v) is 6.87. The Balaban J connectivity index is 2.95. The summed E-state index contributed by atoms with van der Waals surface area (Å²) in [4.78, 5) is 6.52. The zero-order chi connectivity index (χ0) is 15.0. The minimum Gasteiger partial charge on any atom is -0.409 e. The van der Waals surface area contributed by atoms with E-state index in [0.717, 1.165) is 25.1 Å². The van der Waals surface area contributed by atoms with Crippen molar-refractivity contribution in [1.82, 2.24) is 4.98 Å². The lowest BCUT2D eigenvalue weighted by molar-refractivity contribution is 0.202. The van der Waals surface area contributed by atoms with Crippen LogP contribution in [-0.2, 0) is 4.74 Å².